The van der Waals surface area contributed by atoms with Crippen LogP contribution in [0.5, 0.6) is 0 Å². The molecule has 0 spiro atoms. The SMILES string of the molecule is CN(c1cccc(C(=O)N[C@H]2CCCc3ccccc32)c1)S(C)(=O)=O. The van der Waals surface area contributed by atoms with Gasteiger partial charge in [-0.1, -0.05) is 30.3 Å². The van der Waals surface area contributed by atoms with Gasteiger partial charge in [0.05, 0.1) is 18.0 Å². The molecule has 6 heteroatoms. The highest BCUT2D eigenvalue weighted by atomic mass is 32.2. The third-order valence-corrected chi connectivity index (χ3v) is 5.85. The molecule has 1 aliphatic rings. The van der Waals surface area contributed by atoms with Gasteiger partial charge in [0.15, 0.2) is 0 Å². The molecule has 0 saturated carbocycles. The van der Waals surface area contributed by atoms with Crippen molar-refractivity contribution in [2.45, 2.75) is 25.3 Å². The van der Waals surface area contributed by atoms with Crippen LogP contribution in [0, 0.1) is 0 Å². The topological polar surface area (TPSA) is 66.5 Å². The second-order valence-corrected chi connectivity index (χ2v) is 8.41. The molecular formula is C19H22N2O3S. The molecule has 2 aromatic carbocycles. The van der Waals surface area contributed by atoms with Crippen LogP contribution in [-0.4, -0.2) is 27.6 Å². The van der Waals surface area contributed by atoms with Crippen LogP contribution in [0.2, 0.25) is 0 Å². The predicted octanol–water partition coefficient (Wildman–Crippen LogP) is 2.89. The molecule has 132 valence electrons. The number of carbonyl (C=O) groups is 1. The average Bonchev–Trinajstić information content (AvgIpc) is 2.60. The van der Waals surface area contributed by atoms with Crippen LogP contribution in [0.4, 0.5) is 5.69 Å². The molecule has 1 aliphatic carbocycles. The van der Waals surface area contributed by atoms with E-state index in [1.165, 1.54) is 22.5 Å². The first-order chi connectivity index (χ1) is 11.9. The summed E-state index contributed by atoms with van der Waals surface area (Å²) in [5, 5.41) is 3.09. The van der Waals surface area contributed by atoms with Crippen molar-refractivity contribution in [1.82, 2.24) is 5.32 Å². The summed E-state index contributed by atoms with van der Waals surface area (Å²) < 4.78 is 24.6. The highest BCUT2D eigenvalue weighted by Gasteiger charge is 2.22. The standard InChI is InChI=1S/C19H22N2O3S/c1-21(25(2,23)24)16-10-5-9-15(13-16)19(22)20-18-12-6-8-14-7-3-4-11-17(14)18/h3-5,7,9-11,13,18H,6,8,12H2,1-2H3,(H,20,22)/t18-/m0/s1. The quantitative estimate of drug-likeness (QED) is 0.914. The van der Waals surface area contributed by atoms with E-state index in [9.17, 15) is 13.2 Å². The molecule has 0 unspecified atom stereocenters. The van der Waals surface area contributed by atoms with Crippen LogP contribution in [0.25, 0.3) is 0 Å². The molecule has 0 heterocycles. The molecule has 0 radical (unpaired) electrons. The Hall–Kier alpha value is -2.34. The zero-order valence-electron chi connectivity index (χ0n) is 14.4. The Labute approximate surface area is 148 Å². The fraction of sp³-hybridized carbons (Fsp3) is 0.316. The molecule has 1 atom stereocenters. The predicted molar refractivity (Wildman–Crippen MR) is 99.3 cm³/mol. The third-order valence-electron chi connectivity index (χ3n) is 4.64. The fourth-order valence-electron chi connectivity index (χ4n) is 3.18. The van der Waals surface area contributed by atoms with Gasteiger partial charge in [-0.2, -0.15) is 0 Å². The van der Waals surface area contributed by atoms with E-state index < -0.39 is 10.0 Å². The van der Waals surface area contributed by atoms with Gasteiger partial charge >= 0.3 is 0 Å². The van der Waals surface area contributed by atoms with Crippen molar-refractivity contribution in [3.8, 4) is 0 Å². The molecule has 0 bridgehead atoms. The lowest BCUT2D eigenvalue weighted by molar-refractivity contribution is 0.0932. The molecule has 25 heavy (non-hydrogen) atoms. The summed E-state index contributed by atoms with van der Waals surface area (Å²) in [5.74, 6) is -0.189. The Bertz CT molecular complexity index is 893. The molecule has 5 nitrogen and oxygen atoms in total. The lowest BCUT2D eigenvalue weighted by atomic mass is 9.87. The maximum atomic E-state index is 12.7. The third kappa shape index (κ3) is 3.85. The Kier molecular flexibility index (Phi) is 4.81. The van der Waals surface area contributed by atoms with Gasteiger partial charge in [0.2, 0.25) is 10.0 Å². The van der Waals surface area contributed by atoms with Crippen molar-refractivity contribution >= 4 is 21.6 Å². The van der Waals surface area contributed by atoms with E-state index in [2.05, 4.69) is 17.4 Å². The number of anilines is 1. The lowest BCUT2D eigenvalue weighted by Gasteiger charge is -2.26. The Morgan fingerprint density at radius 2 is 1.92 bits per heavy atom. The molecule has 1 amide bonds. The molecule has 0 aromatic heterocycles. The summed E-state index contributed by atoms with van der Waals surface area (Å²) in [6, 6.07) is 14.8. The van der Waals surface area contributed by atoms with Crippen molar-refractivity contribution in [2.24, 2.45) is 0 Å². The van der Waals surface area contributed by atoms with Gasteiger partial charge in [0.25, 0.3) is 5.91 Å². The second-order valence-electron chi connectivity index (χ2n) is 6.40. The summed E-state index contributed by atoms with van der Waals surface area (Å²) >= 11 is 0. The maximum absolute atomic E-state index is 12.7. The number of carbonyl (C=O) groups excluding carboxylic acids is 1. The largest absolute Gasteiger partial charge is 0.345 e. The number of fused-ring (bicyclic) bond motifs is 1. The number of aryl methyl sites for hydroxylation is 1. The van der Waals surface area contributed by atoms with Crippen LogP contribution in [0.15, 0.2) is 48.5 Å². The van der Waals surface area contributed by atoms with Crippen molar-refractivity contribution in [1.29, 1.82) is 0 Å². The number of nitrogens with one attached hydrogen (secondary N) is 1. The summed E-state index contributed by atoms with van der Waals surface area (Å²) in [6.07, 6.45) is 4.13. The molecule has 3 rings (SSSR count). The minimum Gasteiger partial charge on any atom is -0.345 e. The van der Waals surface area contributed by atoms with Gasteiger partial charge in [0, 0.05) is 12.6 Å². The van der Waals surface area contributed by atoms with E-state index in [1.54, 1.807) is 24.3 Å². The van der Waals surface area contributed by atoms with E-state index >= 15 is 0 Å². The summed E-state index contributed by atoms with van der Waals surface area (Å²) in [5.41, 5.74) is 3.38. The van der Waals surface area contributed by atoms with Crippen molar-refractivity contribution in [3.05, 3.63) is 65.2 Å². The molecule has 1 N–H and O–H groups in total. The van der Waals surface area contributed by atoms with Crippen molar-refractivity contribution in [2.75, 3.05) is 17.6 Å². The number of hydrogen-bond acceptors (Lipinski definition) is 3. The summed E-state index contributed by atoms with van der Waals surface area (Å²) in [7, 11) is -1.89. The first-order valence-electron chi connectivity index (χ1n) is 8.29. The number of nitrogens with zero attached hydrogens (tertiary/aromatic N) is 1. The first-order valence-corrected chi connectivity index (χ1v) is 10.1. The minimum absolute atomic E-state index is 0.00579. The summed E-state index contributed by atoms with van der Waals surface area (Å²) in [4.78, 5) is 12.7. The zero-order chi connectivity index (χ0) is 18.0. The van der Waals surface area contributed by atoms with Gasteiger partial charge in [-0.3, -0.25) is 9.10 Å². The number of amides is 1. The Morgan fingerprint density at radius 1 is 1.16 bits per heavy atom. The van der Waals surface area contributed by atoms with Crippen LogP contribution in [0.1, 0.15) is 40.4 Å². The van der Waals surface area contributed by atoms with E-state index in [1.807, 2.05) is 12.1 Å². The number of benzene rings is 2. The smallest absolute Gasteiger partial charge is 0.251 e. The van der Waals surface area contributed by atoms with Gasteiger partial charge < -0.3 is 5.32 Å². The number of hydrogen-bond donors (Lipinski definition) is 1. The van der Waals surface area contributed by atoms with Crippen LogP contribution < -0.4 is 9.62 Å². The van der Waals surface area contributed by atoms with Crippen LogP contribution >= 0.6 is 0 Å². The lowest BCUT2D eigenvalue weighted by Crippen LogP contribution is -2.31. The number of sulfonamides is 1. The highest BCUT2D eigenvalue weighted by Crippen LogP contribution is 2.29. The number of rotatable bonds is 4. The van der Waals surface area contributed by atoms with Crippen molar-refractivity contribution in [3.63, 3.8) is 0 Å². The molecule has 0 saturated heterocycles. The molecule has 0 fully saturated rings. The summed E-state index contributed by atoms with van der Waals surface area (Å²) in [6.45, 7) is 0. The Balaban J connectivity index is 1.81. The van der Waals surface area contributed by atoms with E-state index in [0.29, 0.717) is 11.3 Å². The average molecular weight is 358 g/mol. The zero-order valence-corrected chi connectivity index (χ0v) is 15.2. The fourth-order valence-corrected chi connectivity index (χ4v) is 3.68. The van der Waals surface area contributed by atoms with Gasteiger partial charge in [-0.15, -0.1) is 0 Å². The normalized spacial score (nSPS) is 16.8. The van der Waals surface area contributed by atoms with Gasteiger partial charge in [-0.25, -0.2) is 8.42 Å². The minimum atomic E-state index is -3.36. The first kappa shape index (κ1) is 17.5. The van der Waals surface area contributed by atoms with Gasteiger partial charge in [0.1, 0.15) is 0 Å². The van der Waals surface area contributed by atoms with E-state index in [4.69, 9.17) is 0 Å². The highest BCUT2D eigenvalue weighted by molar-refractivity contribution is 7.92. The second kappa shape index (κ2) is 6.88. The maximum Gasteiger partial charge on any atom is 0.251 e. The van der Waals surface area contributed by atoms with Crippen LogP contribution in [0.3, 0.4) is 0 Å². The van der Waals surface area contributed by atoms with E-state index in [-0.39, 0.29) is 11.9 Å². The molecule has 2 aromatic rings. The van der Waals surface area contributed by atoms with Crippen LogP contribution in [-0.2, 0) is 16.4 Å². The molecular weight excluding hydrogens is 336 g/mol. The molecule has 0 aliphatic heterocycles. The van der Waals surface area contributed by atoms with Gasteiger partial charge in [-0.05, 0) is 48.6 Å². The monoisotopic (exact) mass is 358 g/mol. The van der Waals surface area contributed by atoms with E-state index in [0.717, 1.165) is 25.5 Å². The van der Waals surface area contributed by atoms with Crippen molar-refractivity contribution < 1.29 is 13.2 Å². The Morgan fingerprint density at radius 3 is 2.68 bits per heavy atom.